The van der Waals surface area contributed by atoms with Crippen LogP contribution in [0, 0.1) is 0 Å². The van der Waals surface area contributed by atoms with Gasteiger partial charge in [-0.15, -0.1) is 0 Å². The molecule has 0 aliphatic carbocycles. The number of anilines is 1. The van der Waals surface area contributed by atoms with Crippen LogP contribution in [0.4, 0.5) is 5.82 Å². The smallest absolute Gasteiger partial charge is 0.323 e. The molecule has 84 valence electrons. The van der Waals surface area contributed by atoms with Gasteiger partial charge in [0.05, 0.1) is 11.7 Å². The molecule has 0 unspecified atom stereocenters. The van der Waals surface area contributed by atoms with Gasteiger partial charge >= 0.3 is 5.97 Å². The van der Waals surface area contributed by atoms with E-state index in [4.69, 9.17) is 5.11 Å². The normalized spacial score (nSPS) is 10.6. The first kappa shape index (κ1) is 10.4. The number of carbonyl (C=O) groups is 1. The molecule has 0 bridgehead atoms. The molecule has 0 radical (unpaired) electrons. The number of fused-ring (bicyclic) bond motifs is 1. The predicted octanol–water partition coefficient (Wildman–Crippen LogP) is 0.489. The first-order valence-corrected chi connectivity index (χ1v) is 4.78. The van der Waals surface area contributed by atoms with E-state index in [1.54, 1.807) is 29.0 Å². The molecular formula is C10H12N4O2. The van der Waals surface area contributed by atoms with Crippen molar-refractivity contribution in [1.82, 2.24) is 14.8 Å². The van der Waals surface area contributed by atoms with Gasteiger partial charge in [0.1, 0.15) is 12.4 Å². The maximum absolute atomic E-state index is 10.6. The average molecular weight is 220 g/mol. The highest BCUT2D eigenvalue weighted by Gasteiger charge is 2.09. The van der Waals surface area contributed by atoms with Gasteiger partial charge < -0.3 is 10.0 Å². The van der Waals surface area contributed by atoms with E-state index in [1.165, 1.54) is 0 Å². The Kier molecular flexibility index (Phi) is 2.47. The molecule has 0 atom stereocenters. The molecule has 1 N–H and O–H groups in total. The van der Waals surface area contributed by atoms with Crippen molar-refractivity contribution in [2.45, 2.75) is 0 Å². The first-order chi connectivity index (χ1) is 7.58. The molecule has 0 spiro atoms. The van der Waals surface area contributed by atoms with Crippen molar-refractivity contribution in [2.75, 3.05) is 18.5 Å². The van der Waals surface area contributed by atoms with Gasteiger partial charge in [-0.2, -0.15) is 5.10 Å². The lowest BCUT2D eigenvalue weighted by atomic mass is 10.3. The fourth-order valence-electron chi connectivity index (χ4n) is 1.53. The van der Waals surface area contributed by atoms with E-state index >= 15 is 0 Å². The van der Waals surface area contributed by atoms with E-state index in [9.17, 15) is 4.79 Å². The summed E-state index contributed by atoms with van der Waals surface area (Å²) in [6, 6.07) is 1.82. The lowest BCUT2D eigenvalue weighted by molar-refractivity contribution is -0.135. The molecule has 0 fully saturated rings. The lowest BCUT2D eigenvalue weighted by Crippen LogP contribution is -2.25. The molecule has 2 rings (SSSR count). The summed E-state index contributed by atoms with van der Waals surface area (Å²) in [4.78, 5) is 16.3. The first-order valence-electron chi connectivity index (χ1n) is 4.78. The highest BCUT2D eigenvalue weighted by molar-refractivity contribution is 5.81. The molecule has 2 aromatic heterocycles. The molecule has 16 heavy (non-hydrogen) atoms. The van der Waals surface area contributed by atoms with Crippen molar-refractivity contribution in [3.63, 3.8) is 0 Å². The number of pyridine rings is 1. The molecule has 0 aliphatic heterocycles. The number of rotatable bonds is 3. The van der Waals surface area contributed by atoms with Crippen LogP contribution in [0.3, 0.4) is 0 Å². The number of aryl methyl sites for hydroxylation is 1. The van der Waals surface area contributed by atoms with Gasteiger partial charge in [-0.05, 0) is 0 Å². The summed E-state index contributed by atoms with van der Waals surface area (Å²) >= 11 is 0. The van der Waals surface area contributed by atoms with Crippen LogP contribution in [0.2, 0.25) is 0 Å². The van der Waals surface area contributed by atoms with E-state index in [2.05, 4.69) is 10.1 Å². The standard InChI is InChI=1S/C10H12N4O2/c1-13(6-10(15)16)9-3-8-7(4-11-9)5-12-14(8)2/h3-5H,6H2,1-2H3,(H,15,16). The third kappa shape index (κ3) is 1.81. The van der Waals surface area contributed by atoms with Gasteiger partial charge in [0.15, 0.2) is 0 Å². The van der Waals surface area contributed by atoms with Gasteiger partial charge in [-0.3, -0.25) is 9.48 Å². The Morgan fingerprint density at radius 2 is 2.31 bits per heavy atom. The Balaban J connectivity index is 2.38. The minimum absolute atomic E-state index is 0.0731. The van der Waals surface area contributed by atoms with E-state index < -0.39 is 5.97 Å². The minimum atomic E-state index is -0.880. The Bertz CT molecular complexity index is 535. The van der Waals surface area contributed by atoms with Crippen LogP contribution in [0.15, 0.2) is 18.5 Å². The number of hydrogen-bond acceptors (Lipinski definition) is 4. The van der Waals surface area contributed by atoms with Crippen molar-refractivity contribution < 1.29 is 9.90 Å². The van der Waals surface area contributed by atoms with E-state index in [-0.39, 0.29) is 6.54 Å². The summed E-state index contributed by atoms with van der Waals surface area (Å²) in [5.74, 6) is -0.257. The number of nitrogens with zero attached hydrogens (tertiary/aromatic N) is 4. The monoisotopic (exact) mass is 220 g/mol. The van der Waals surface area contributed by atoms with Gasteiger partial charge in [-0.25, -0.2) is 4.98 Å². The summed E-state index contributed by atoms with van der Waals surface area (Å²) in [6.07, 6.45) is 3.42. The zero-order chi connectivity index (χ0) is 11.7. The van der Waals surface area contributed by atoms with Crippen LogP contribution in [0.5, 0.6) is 0 Å². The van der Waals surface area contributed by atoms with Crippen LogP contribution in [0.1, 0.15) is 0 Å². The molecule has 2 aromatic rings. The third-order valence-corrected chi connectivity index (χ3v) is 2.38. The van der Waals surface area contributed by atoms with Gasteiger partial charge in [0.2, 0.25) is 0 Å². The van der Waals surface area contributed by atoms with E-state index in [1.807, 2.05) is 13.1 Å². The quantitative estimate of drug-likeness (QED) is 0.815. The summed E-state index contributed by atoms with van der Waals surface area (Å²) in [6.45, 7) is -0.0731. The molecule has 6 nitrogen and oxygen atoms in total. The number of aromatic nitrogens is 3. The molecular weight excluding hydrogens is 208 g/mol. The van der Waals surface area contributed by atoms with E-state index in [0.29, 0.717) is 5.82 Å². The summed E-state index contributed by atoms with van der Waals surface area (Å²) in [5.41, 5.74) is 0.933. The number of likely N-dealkylation sites (N-methyl/N-ethyl adjacent to an activating group) is 1. The molecule has 0 saturated carbocycles. The molecule has 6 heteroatoms. The van der Waals surface area contributed by atoms with Crippen LogP contribution >= 0.6 is 0 Å². The number of carboxylic acids is 1. The summed E-state index contributed by atoms with van der Waals surface area (Å²) in [7, 11) is 3.53. The van der Waals surface area contributed by atoms with Gasteiger partial charge in [0, 0.05) is 31.7 Å². The topological polar surface area (TPSA) is 71.2 Å². The lowest BCUT2D eigenvalue weighted by Gasteiger charge is -2.15. The summed E-state index contributed by atoms with van der Waals surface area (Å²) in [5, 5.41) is 13.7. The fourth-order valence-corrected chi connectivity index (χ4v) is 1.53. The molecule has 0 aliphatic rings. The second-order valence-electron chi connectivity index (χ2n) is 3.62. The predicted molar refractivity (Wildman–Crippen MR) is 59.4 cm³/mol. The third-order valence-electron chi connectivity index (χ3n) is 2.38. The number of hydrogen-bond donors (Lipinski definition) is 1. The zero-order valence-electron chi connectivity index (χ0n) is 9.08. The maximum atomic E-state index is 10.6. The maximum Gasteiger partial charge on any atom is 0.323 e. The second-order valence-corrected chi connectivity index (χ2v) is 3.62. The highest BCUT2D eigenvalue weighted by Crippen LogP contribution is 2.17. The van der Waals surface area contributed by atoms with Crippen molar-refractivity contribution in [2.24, 2.45) is 7.05 Å². The Morgan fingerprint density at radius 3 is 3.00 bits per heavy atom. The SMILES string of the molecule is CN(CC(=O)O)c1cc2c(cn1)cnn2C. The highest BCUT2D eigenvalue weighted by atomic mass is 16.4. The molecule has 0 aromatic carbocycles. The Morgan fingerprint density at radius 1 is 1.56 bits per heavy atom. The van der Waals surface area contributed by atoms with Crippen LogP contribution < -0.4 is 4.90 Å². The van der Waals surface area contributed by atoms with Gasteiger partial charge in [-0.1, -0.05) is 0 Å². The second kappa shape index (κ2) is 3.80. The molecule has 2 heterocycles. The van der Waals surface area contributed by atoms with Crippen molar-refractivity contribution in [3.05, 3.63) is 18.5 Å². The van der Waals surface area contributed by atoms with Crippen LogP contribution in [-0.2, 0) is 11.8 Å². The molecule has 0 amide bonds. The fraction of sp³-hybridized carbons (Fsp3) is 0.300. The van der Waals surface area contributed by atoms with Crippen LogP contribution in [-0.4, -0.2) is 39.4 Å². The van der Waals surface area contributed by atoms with Crippen LogP contribution in [0.25, 0.3) is 10.9 Å². The van der Waals surface area contributed by atoms with Crippen molar-refractivity contribution in [3.8, 4) is 0 Å². The van der Waals surface area contributed by atoms with Crippen molar-refractivity contribution in [1.29, 1.82) is 0 Å². The summed E-state index contributed by atoms with van der Waals surface area (Å²) < 4.78 is 1.73. The average Bonchev–Trinajstić information content (AvgIpc) is 2.59. The Hall–Kier alpha value is -2.11. The van der Waals surface area contributed by atoms with Crippen molar-refractivity contribution >= 4 is 22.7 Å². The van der Waals surface area contributed by atoms with Gasteiger partial charge in [0.25, 0.3) is 0 Å². The number of aliphatic carboxylic acids is 1. The largest absolute Gasteiger partial charge is 0.480 e. The number of carboxylic acid groups (broad SMARTS) is 1. The zero-order valence-corrected chi connectivity index (χ0v) is 9.08. The Labute approximate surface area is 92.1 Å². The van der Waals surface area contributed by atoms with E-state index in [0.717, 1.165) is 10.9 Å². The minimum Gasteiger partial charge on any atom is -0.480 e. The molecule has 0 saturated heterocycles.